The van der Waals surface area contributed by atoms with Gasteiger partial charge in [0, 0.05) is 17.8 Å². The average Bonchev–Trinajstić information content (AvgIpc) is 2.53. The minimum atomic E-state index is 0.851. The molecule has 102 valence electrons. The zero-order valence-electron chi connectivity index (χ0n) is 11.7. The molecule has 2 aromatic carbocycles. The Bertz CT molecular complexity index is 617. The Hall–Kier alpha value is -2.22. The molecule has 20 heavy (non-hydrogen) atoms. The largest absolute Gasteiger partial charge is 0.497 e. The Balaban J connectivity index is 1.79. The van der Waals surface area contributed by atoms with E-state index in [-0.39, 0.29) is 0 Å². The predicted octanol–water partition coefficient (Wildman–Crippen LogP) is 3.77. The van der Waals surface area contributed by atoms with E-state index in [0.717, 1.165) is 25.1 Å². The summed E-state index contributed by atoms with van der Waals surface area (Å²) in [4.78, 5) is 0. The summed E-state index contributed by atoms with van der Waals surface area (Å²) in [5, 5.41) is 3.55. The number of hydrogen-bond acceptors (Lipinski definition) is 2. The zero-order valence-corrected chi connectivity index (χ0v) is 11.7. The van der Waals surface area contributed by atoms with Gasteiger partial charge in [-0.2, -0.15) is 0 Å². The number of methoxy groups -OCH3 is 1. The summed E-state index contributed by atoms with van der Waals surface area (Å²) in [5.74, 6) is 0.915. The van der Waals surface area contributed by atoms with Gasteiger partial charge >= 0.3 is 0 Å². The van der Waals surface area contributed by atoms with Gasteiger partial charge in [0.2, 0.25) is 0 Å². The molecule has 0 saturated carbocycles. The van der Waals surface area contributed by atoms with Crippen LogP contribution in [0, 0.1) is 0 Å². The smallest absolute Gasteiger partial charge is 0.119 e. The fourth-order valence-electron chi connectivity index (χ4n) is 2.59. The maximum Gasteiger partial charge on any atom is 0.119 e. The van der Waals surface area contributed by atoms with Crippen molar-refractivity contribution in [2.45, 2.75) is 19.4 Å². The van der Waals surface area contributed by atoms with E-state index in [2.05, 4.69) is 47.8 Å². The standard InChI is InChI=1S/C18H19NO/c1-20-16-11-10-15-8-5-9-18(17(15)12-16)19-13-14-6-3-2-4-7-14/h2-4,6-7,9-12,19H,5,8,13H2,1H3. The van der Waals surface area contributed by atoms with Crippen molar-refractivity contribution in [3.05, 3.63) is 71.3 Å². The quantitative estimate of drug-likeness (QED) is 0.908. The molecule has 3 rings (SSSR count). The number of ether oxygens (including phenoxy) is 1. The van der Waals surface area contributed by atoms with Gasteiger partial charge in [-0.25, -0.2) is 0 Å². The summed E-state index contributed by atoms with van der Waals surface area (Å²) in [6.45, 7) is 0.851. The van der Waals surface area contributed by atoms with Crippen molar-refractivity contribution in [3.8, 4) is 5.75 Å². The molecule has 0 amide bonds. The first-order valence-electron chi connectivity index (χ1n) is 7.02. The van der Waals surface area contributed by atoms with Gasteiger partial charge in [0.05, 0.1) is 7.11 Å². The highest BCUT2D eigenvalue weighted by Gasteiger charge is 2.13. The third-order valence-electron chi connectivity index (χ3n) is 3.70. The van der Waals surface area contributed by atoms with Crippen molar-refractivity contribution in [3.63, 3.8) is 0 Å². The molecular weight excluding hydrogens is 246 g/mol. The lowest BCUT2D eigenvalue weighted by atomic mass is 9.94. The molecular formula is C18H19NO. The molecule has 0 atom stereocenters. The van der Waals surface area contributed by atoms with Crippen molar-refractivity contribution in [1.82, 2.24) is 5.32 Å². The molecule has 1 aliphatic carbocycles. The highest BCUT2D eigenvalue weighted by Crippen LogP contribution is 2.28. The lowest BCUT2D eigenvalue weighted by Gasteiger charge is -2.20. The van der Waals surface area contributed by atoms with Crippen LogP contribution < -0.4 is 10.1 Å². The van der Waals surface area contributed by atoms with Crippen LogP contribution in [0.2, 0.25) is 0 Å². The van der Waals surface area contributed by atoms with Crippen LogP contribution in [0.4, 0.5) is 0 Å². The van der Waals surface area contributed by atoms with Crippen molar-refractivity contribution >= 4 is 5.70 Å². The highest BCUT2D eigenvalue weighted by molar-refractivity contribution is 5.70. The summed E-state index contributed by atoms with van der Waals surface area (Å²) in [6, 6.07) is 16.8. The van der Waals surface area contributed by atoms with Crippen LogP contribution >= 0.6 is 0 Å². The van der Waals surface area contributed by atoms with E-state index in [0.29, 0.717) is 0 Å². The van der Waals surface area contributed by atoms with Gasteiger partial charge in [-0.3, -0.25) is 0 Å². The molecule has 1 aliphatic rings. The Morgan fingerprint density at radius 1 is 1.10 bits per heavy atom. The number of nitrogens with one attached hydrogen (secondary N) is 1. The van der Waals surface area contributed by atoms with Crippen LogP contribution in [0.25, 0.3) is 5.70 Å². The van der Waals surface area contributed by atoms with Crippen molar-refractivity contribution in [1.29, 1.82) is 0 Å². The van der Waals surface area contributed by atoms with E-state index >= 15 is 0 Å². The van der Waals surface area contributed by atoms with Crippen molar-refractivity contribution in [2.75, 3.05) is 7.11 Å². The summed E-state index contributed by atoms with van der Waals surface area (Å²) in [6.07, 6.45) is 4.48. The third-order valence-corrected chi connectivity index (χ3v) is 3.70. The number of hydrogen-bond donors (Lipinski definition) is 1. The van der Waals surface area contributed by atoms with Crippen LogP contribution in [0.5, 0.6) is 5.75 Å². The molecule has 0 unspecified atom stereocenters. The fourth-order valence-corrected chi connectivity index (χ4v) is 2.59. The summed E-state index contributed by atoms with van der Waals surface area (Å²) in [5.41, 5.74) is 5.17. The van der Waals surface area contributed by atoms with E-state index in [1.54, 1.807) is 7.11 Å². The molecule has 1 N–H and O–H groups in total. The first kappa shape index (κ1) is 12.8. The second kappa shape index (κ2) is 5.83. The lowest BCUT2D eigenvalue weighted by Crippen LogP contribution is -2.15. The first-order valence-corrected chi connectivity index (χ1v) is 7.02. The Morgan fingerprint density at radius 2 is 1.95 bits per heavy atom. The van der Waals surface area contributed by atoms with Crippen molar-refractivity contribution < 1.29 is 4.74 Å². The molecule has 0 bridgehead atoms. The number of allylic oxidation sites excluding steroid dienone is 1. The van der Waals surface area contributed by atoms with Crippen LogP contribution in [-0.4, -0.2) is 7.11 Å². The van der Waals surface area contributed by atoms with E-state index in [9.17, 15) is 0 Å². The number of benzene rings is 2. The maximum atomic E-state index is 5.34. The molecule has 2 aromatic rings. The normalized spacial score (nSPS) is 13.3. The molecule has 0 radical (unpaired) electrons. The van der Waals surface area contributed by atoms with E-state index in [1.807, 2.05) is 12.1 Å². The van der Waals surface area contributed by atoms with Gasteiger partial charge in [0.1, 0.15) is 5.75 Å². The fraction of sp³-hybridized carbons (Fsp3) is 0.222. The maximum absolute atomic E-state index is 5.34. The van der Waals surface area contributed by atoms with Crippen LogP contribution in [0.3, 0.4) is 0 Å². The molecule has 2 nitrogen and oxygen atoms in total. The summed E-state index contributed by atoms with van der Waals surface area (Å²) in [7, 11) is 1.71. The monoisotopic (exact) mass is 265 g/mol. The van der Waals surface area contributed by atoms with Gasteiger partial charge < -0.3 is 10.1 Å². The van der Waals surface area contributed by atoms with Gasteiger partial charge in [-0.1, -0.05) is 42.5 Å². The molecule has 0 spiro atoms. The topological polar surface area (TPSA) is 21.3 Å². The second-order valence-electron chi connectivity index (χ2n) is 5.02. The first-order chi connectivity index (χ1) is 9.86. The Morgan fingerprint density at radius 3 is 2.75 bits per heavy atom. The van der Waals surface area contributed by atoms with Crippen LogP contribution in [0.15, 0.2) is 54.6 Å². The average molecular weight is 265 g/mol. The van der Waals surface area contributed by atoms with E-state index in [1.165, 1.54) is 22.4 Å². The van der Waals surface area contributed by atoms with Gasteiger partial charge in [0.25, 0.3) is 0 Å². The molecule has 0 aliphatic heterocycles. The minimum absolute atomic E-state index is 0.851. The molecule has 0 aromatic heterocycles. The molecule has 0 saturated heterocycles. The van der Waals surface area contributed by atoms with E-state index in [4.69, 9.17) is 4.74 Å². The third kappa shape index (κ3) is 2.69. The molecule has 0 fully saturated rings. The predicted molar refractivity (Wildman–Crippen MR) is 82.6 cm³/mol. The Labute approximate surface area is 120 Å². The van der Waals surface area contributed by atoms with Gasteiger partial charge in [-0.05, 0) is 36.1 Å². The number of rotatable bonds is 4. The van der Waals surface area contributed by atoms with Gasteiger partial charge in [0.15, 0.2) is 0 Å². The number of fused-ring (bicyclic) bond motifs is 1. The minimum Gasteiger partial charge on any atom is -0.497 e. The number of aryl methyl sites for hydroxylation is 1. The SMILES string of the molecule is COc1ccc2c(c1)C(NCc1ccccc1)=CCC2. The summed E-state index contributed by atoms with van der Waals surface area (Å²) >= 11 is 0. The van der Waals surface area contributed by atoms with Crippen LogP contribution in [-0.2, 0) is 13.0 Å². The summed E-state index contributed by atoms with van der Waals surface area (Å²) < 4.78 is 5.34. The van der Waals surface area contributed by atoms with Gasteiger partial charge in [-0.15, -0.1) is 0 Å². The van der Waals surface area contributed by atoms with Crippen LogP contribution in [0.1, 0.15) is 23.1 Å². The van der Waals surface area contributed by atoms with E-state index < -0.39 is 0 Å². The molecule has 2 heteroatoms. The second-order valence-corrected chi connectivity index (χ2v) is 5.02. The van der Waals surface area contributed by atoms with Crippen molar-refractivity contribution in [2.24, 2.45) is 0 Å². The molecule has 0 heterocycles. The Kier molecular flexibility index (Phi) is 3.73. The highest BCUT2D eigenvalue weighted by atomic mass is 16.5. The lowest BCUT2D eigenvalue weighted by molar-refractivity contribution is 0.414. The zero-order chi connectivity index (χ0) is 13.8.